The van der Waals surface area contributed by atoms with Gasteiger partial charge >= 0.3 is 0 Å². The van der Waals surface area contributed by atoms with E-state index in [0.29, 0.717) is 33.9 Å². The van der Waals surface area contributed by atoms with Gasteiger partial charge in [0.1, 0.15) is 5.69 Å². The lowest BCUT2D eigenvalue weighted by Crippen LogP contribution is -1.87. The van der Waals surface area contributed by atoms with Crippen molar-refractivity contribution in [3.63, 3.8) is 0 Å². The fourth-order valence-corrected chi connectivity index (χ4v) is 2.18. The summed E-state index contributed by atoms with van der Waals surface area (Å²) in [6.07, 6.45) is 0. The Bertz CT molecular complexity index is 753. The molecule has 3 aromatic rings. The standard InChI is InChI=1S/C12H10N4O3S/c1-18-9-4-6(2-3-8(9)17)10-15-11(19-16-10)7-5-20-12(13)14-7/h2-5,17H,1H3,(H2,13,14). The molecule has 0 spiro atoms. The number of aromatic hydroxyl groups is 1. The average Bonchev–Trinajstić information content (AvgIpc) is 3.08. The molecule has 0 saturated carbocycles. The zero-order chi connectivity index (χ0) is 14.1. The lowest BCUT2D eigenvalue weighted by Gasteiger charge is -2.03. The van der Waals surface area contributed by atoms with E-state index in [0.717, 1.165) is 0 Å². The zero-order valence-electron chi connectivity index (χ0n) is 10.4. The van der Waals surface area contributed by atoms with Gasteiger partial charge in [-0.1, -0.05) is 5.16 Å². The summed E-state index contributed by atoms with van der Waals surface area (Å²) < 4.78 is 10.2. The van der Waals surface area contributed by atoms with E-state index >= 15 is 0 Å². The normalized spacial score (nSPS) is 10.7. The van der Waals surface area contributed by atoms with Gasteiger partial charge in [0, 0.05) is 10.9 Å². The SMILES string of the molecule is COc1cc(-c2noc(-c3csc(N)n3)n2)ccc1O. The van der Waals surface area contributed by atoms with Crippen LogP contribution < -0.4 is 10.5 Å². The Morgan fingerprint density at radius 2 is 2.20 bits per heavy atom. The molecule has 0 aliphatic carbocycles. The van der Waals surface area contributed by atoms with Crippen molar-refractivity contribution in [2.24, 2.45) is 0 Å². The van der Waals surface area contributed by atoms with Crippen LogP contribution in [0.4, 0.5) is 5.13 Å². The van der Waals surface area contributed by atoms with Crippen molar-refractivity contribution in [1.29, 1.82) is 0 Å². The van der Waals surface area contributed by atoms with E-state index in [1.54, 1.807) is 17.5 Å². The van der Waals surface area contributed by atoms with Gasteiger partial charge in [-0.25, -0.2) is 4.98 Å². The maximum atomic E-state index is 9.56. The van der Waals surface area contributed by atoms with Gasteiger partial charge in [0.25, 0.3) is 5.89 Å². The molecule has 3 N–H and O–H groups in total. The second-order valence-electron chi connectivity index (χ2n) is 3.88. The van der Waals surface area contributed by atoms with Gasteiger partial charge in [0.15, 0.2) is 16.6 Å². The Morgan fingerprint density at radius 3 is 2.90 bits per heavy atom. The molecule has 102 valence electrons. The number of hydrogen-bond acceptors (Lipinski definition) is 8. The topological polar surface area (TPSA) is 107 Å². The number of benzene rings is 1. The van der Waals surface area contributed by atoms with Gasteiger partial charge in [-0.3, -0.25) is 0 Å². The second-order valence-corrected chi connectivity index (χ2v) is 4.77. The van der Waals surface area contributed by atoms with Crippen molar-refractivity contribution in [2.75, 3.05) is 12.8 Å². The number of nitrogens with two attached hydrogens (primary N) is 1. The largest absolute Gasteiger partial charge is 0.504 e. The van der Waals surface area contributed by atoms with Gasteiger partial charge in [-0.2, -0.15) is 4.98 Å². The molecule has 0 aliphatic heterocycles. The predicted octanol–water partition coefficient (Wildman–Crippen LogP) is 2.16. The Hall–Kier alpha value is -2.61. The number of phenols is 1. The Kier molecular flexibility index (Phi) is 2.99. The van der Waals surface area contributed by atoms with E-state index in [4.69, 9.17) is 15.0 Å². The highest BCUT2D eigenvalue weighted by Gasteiger charge is 2.14. The van der Waals surface area contributed by atoms with E-state index in [1.807, 2.05) is 0 Å². The van der Waals surface area contributed by atoms with E-state index in [9.17, 15) is 5.11 Å². The highest BCUT2D eigenvalue weighted by atomic mass is 32.1. The number of hydrogen-bond donors (Lipinski definition) is 2. The van der Waals surface area contributed by atoms with E-state index in [-0.39, 0.29) is 5.75 Å². The molecule has 0 amide bonds. The summed E-state index contributed by atoms with van der Waals surface area (Å²) in [5, 5.41) is 15.6. The van der Waals surface area contributed by atoms with Crippen molar-refractivity contribution in [1.82, 2.24) is 15.1 Å². The summed E-state index contributed by atoms with van der Waals surface area (Å²) in [4.78, 5) is 8.31. The summed E-state index contributed by atoms with van der Waals surface area (Å²) in [6, 6.07) is 4.80. The molecular formula is C12H10N4O3S. The van der Waals surface area contributed by atoms with Crippen LogP contribution in [0.25, 0.3) is 23.0 Å². The number of ether oxygens (including phenoxy) is 1. The number of nitrogen functional groups attached to an aromatic ring is 1. The number of phenolic OH excluding ortho intramolecular Hbond substituents is 1. The fourth-order valence-electron chi connectivity index (χ4n) is 1.65. The fraction of sp³-hybridized carbons (Fsp3) is 0.0833. The molecule has 20 heavy (non-hydrogen) atoms. The molecule has 0 bridgehead atoms. The summed E-state index contributed by atoms with van der Waals surface area (Å²) in [5.74, 6) is 1.06. The zero-order valence-corrected chi connectivity index (χ0v) is 11.2. The molecule has 0 aliphatic rings. The third-order valence-corrected chi connectivity index (χ3v) is 3.28. The monoisotopic (exact) mass is 290 g/mol. The smallest absolute Gasteiger partial charge is 0.277 e. The summed E-state index contributed by atoms with van der Waals surface area (Å²) in [6.45, 7) is 0. The van der Waals surface area contributed by atoms with Gasteiger partial charge in [-0.05, 0) is 18.2 Å². The Labute approximate surface area is 117 Å². The maximum Gasteiger partial charge on any atom is 0.277 e. The number of rotatable bonds is 3. The maximum absolute atomic E-state index is 9.56. The first-order chi connectivity index (χ1) is 9.67. The second kappa shape index (κ2) is 4.82. The quantitative estimate of drug-likeness (QED) is 0.761. The van der Waals surface area contributed by atoms with E-state index in [1.165, 1.54) is 24.5 Å². The number of anilines is 1. The lowest BCUT2D eigenvalue weighted by atomic mass is 10.2. The number of nitrogens with zero attached hydrogens (tertiary/aromatic N) is 3. The minimum atomic E-state index is 0.0484. The van der Waals surface area contributed by atoms with Crippen LogP contribution in [0.5, 0.6) is 11.5 Å². The number of methoxy groups -OCH3 is 1. The molecule has 1 aromatic carbocycles. The average molecular weight is 290 g/mol. The molecule has 2 heterocycles. The van der Waals surface area contributed by atoms with Crippen molar-refractivity contribution in [2.45, 2.75) is 0 Å². The van der Waals surface area contributed by atoms with Crippen molar-refractivity contribution >= 4 is 16.5 Å². The van der Waals surface area contributed by atoms with Crippen LogP contribution in [0.3, 0.4) is 0 Å². The minimum absolute atomic E-state index is 0.0484. The summed E-state index contributed by atoms with van der Waals surface area (Å²) in [7, 11) is 1.47. The van der Waals surface area contributed by atoms with E-state index in [2.05, 4.69) is 15.1 Å². The highest BCUT2D eigenvalue weighted by Crippen LogP contribution is 2.31. The summed E-state index contributed by atoms with van der Waals surface area (Å²) >= 11 is 1.30. The molecule has 3 rings (SSSR count). The highest BCUT2D eigenvalue weighted by molar-refractivity contribution is 7.13. The third kappa shape index (κ3) is 2.16. The molecule has 0 atom stereocenters. The van der Waals surface area contributed by atoms with E-state index < -0.39 is 0 Å². The van der Waals surface area contributed by atoms with Gasteiger partial charge < -0.3 is 20.1 Å². The first-order valence-electron chi connectivity index (χ1n) is 5.60. The Balaban J connectivity index is 1.97. The third-order valence-electron chi connectivity index (χ3n) is 2.61. The molecule has 0 radical (unpaired) electrons. The molecule has 8 heteroatoms. The Morgan fingerprint density at radius 1 is 1.35 bits per heavy atom. The molecule has 2 aromatic heterocycles. The van der Waals surface area contributed by atoms with Crippen LogP contribution in [-0.2, 0) is 0 Å². The van der Waals surface area contributed by atoms with Crippen LogP contribution in [0.2, 0.25) is 0 Å². The predicted molar refractivity (Wildman–Crippen MR) is 73.5 cm³/mol. The summed E-state index contributed by atoms with van der Waals surface area (Å²) in [5.41, 5.74) is 6.77. The van der Waals surface area contributed by atoms with Gasteiger partial charge in [0.2, 0.25) is 5.82 Å². The van der Waals surface area contributed by atoms with Crippen molar-refractivity contribution in [3.8, 4) is 34.5 Å². The number of thiazole rings is 1. The first kappa shape index (κ1) is 12.4. The molecule has 7 nitrogen and oxygen atoms in total. The molecular weight excluding hydrogens is 280 g/mol. The van der Waals surface area contributed by atoms with Gasteiger partial charge in [-0.15, -0.1) is 11.3 Å². The van der Waals surface area contributed by atoms with Crippen molar-refractivity contribution in [3.05, 3.63) is 23.6 Å². The van der Waals surface area contributed by atoms with Crippen LogP contribution in [0, 0.1) is 0 Å². The first-order valence-corrected chi connectivity index (χ1v) is 6.48. The van der Waals surface area contributed by atoms with Gasteiger partial charge in [0.05, 0.1) is 7.11 Å². The minimum Gasteiger partial charge on any atom is -0.504 e. The van der Waals surface area contributed by atoms with Crippen LogP contribution in [0.15, 0.2) is 28.1 Å². The number of aromatic nitrogens is 3. The van der Waals surface area contributed by atoms with Crippen LogP contribution in [-0.4, -0.2) is 27.3 Å². The molecule has 0 fully saturated rings. The van der Waals surface area contributed by atoms with Crippen LogP contribution >= 0.6 is 11.3 Å². The lowest BCUT2D eigenvalue weighted by molar-refractivity contribution is 0.373. The van der Waals surface area contributed by atoms with Crippen LogP contribution in [0.1, 0.15) is 0 Å². The molecule has 0 unspecified atom stereocenters. The van der Waals surface area contributed by atoms with Crippen molar-refractivity contribution < 1.29 is 14.4 Å². The molecule has 0 saturated heterocycles.